The molecule has 0 aliphatic rings. The van der Waals surface area contributed by atoms with E-state index in [4.69, 9.17) is 11.6 Å². The summed E-state index contributed by atoms with van der Waals surface area (Å²) < 4.78 is 39.9. The molecule has 1 aromatic heterocycles. The van der Waals surface area contributed by atoms with Crippen molar-refractivity contribution in [1.82, 2.24) is 4.98 Å². The van der Waals surface area contributed by atoms with Crippen molar-refractivity contribution in [3.05, 3.63) is 77.7 Å². The summed E-state index contributed by atoms with van der Waals surface area (Å²) in [7, 11) is 0. The predicted octanol–water partition coefficient (Wildman–Crippen LogP) is 4.42. The average molecular weight is 366 g/mol. The minimum Gasteiger partial charge on any atom is -0.276 e. The summed E-state index contributed by atoms with van der Waals surface area (Å²) in [6.45, 7) is 0.442. The minimum absolute atomic E-state index is 0.395. The molecule has 0 atom stereocenters. The Labute approximate surface area is 146 Å². The second-order valence-electron chi connectivity index (χ2n) is 5.50. The molecule has 0 aliphatic carbocycles. The lowest BCUT2D eigenvalue weighted by Crippen LogP contribution is -2.34. The second-order valence-corrected chi connectivity index (χ2v) is 5.85. The number of benzene rings is 2. The highest BCUT2D eigenvalue weighted by atomic mass is 35.5. The lowest BCUT2D eigenvalue weighted by atomic mass is 10.1. The molecule has 2 aromatic carbocycles. The maximum atomic E-state index is 12.7. The number of alkyl halides is 3. The highest BCUT2D eigenvalue weighted by molar-refractivity contribution is 6.67. The molecule has 0 saturated heterocycles. The maximum Gasteiger partial charge on any atom is 0.416 e. The number of carbonyl (C=O) groups excluding carboxylic acids is 1. The number of rotatable bonds is 4. The van der Waals surface area contributed by atoms with E-state index >= 15 is 0 Å². The van der Waals surface area contributed by atoms with Crippen molar-refractivity contribution in [2.75, 3.05) is 0 Å². The summed E-state index contributed by atoms with van der Waals surface area (Å²) in [5.74, 6) is 0. The third-order valence-corrected chi connectivity index (χ3v) is 3.99. The van der Waals surface area contributed by atoms with Gasteiger partial charge in [-0.05, 0) is 47.5 Å². The van der Waals surface area contributed by atoms with Crippen molar-refractivity contribution in [2.45, 2.75) is 12.7 Å². The van der Waals surface area contributed by atoms with Crippen LogP contribution in [-0.2, 0) is 12.7 Å². The Balaban J connectivity index is 1.88. The zero-order valence-corrected chi connectivity index (χ0v) is 13.6. The molecule has 0 radical (unpaired) electrons. The normalized spacial score (nSPS) is 11.5. The summed E-state index contributed by atoms with van der Waals surface area (Å²) in [6, 6.07) is 11.9. The van der Waals surface area contributed by atoms with Gasteiger partial charge in [-0.25, -0.2) is 9.55 Å². The summed E-state index contributed by atoms with van der Waals surface area (Å²) in [5, 5.41) is -0.538. The van der Waals surface area contributed by atoms with Gasteiger partial charge in [0, 0.05) is 11.1 Å². The Kier molecular flexibility index (Phi) is 4.63. The van der Waals surface area contributed by atoms with Gasteiger partial charge in [0.2, 0.25) is 6.33 Å². The van der Waals surface area contributed by atoms with Gasteiger partial charge in [0.1, 0.15) is 12.7 Å². The smallest absolute Gasteiger partial charge is 0.276 e. The number of imidazole rings is 1. The van der Waals surface area contributed by atoms with Crippen LogP contribution in [0.25, 0.3) is 11.3 Å². The molecule has 0 amide bonds. The van der Waals surface area contributed by atoms with E-state index in [9.17, 15) is 18.0 Å². The molecule has 0 spiro atoms. The Morgan fingerprint density at radius 1 is 1.12 bits per heavy atom. The fourth-order valence-corrected chi connectivity index (χ4v) is 2.67. The first-order chi connectivity index (χ1) is 11.8. The van der Waals surface area contributed by atoms with Crippen LogP contribution < -0.4 is 4.57 Å². The fourth-order valence-electron chi connectivity index (χ4n) is 2.56. The highest BCUT2D eigenvalue weighted by Crippen LogP contribution is 2.30. The minimum atomic E-state index is -4.36. The molecule has 0 saturated carbocycles. The summed E-state index contributed by atoms with van der Waals surface area (Å²) in [6.07, 6.45) is -0.942. The van der Waals surface area contributed by atoms with Crippen LogP contribution in [0.5, 0.6) is 0 Å². The van der Waals surface area contributed by atoms with Gasteiger partial charge in [-0.2, -0.15) is 13.2 Å². The third-order valence-electron chi connectivity index (χ3n) is 3.77. The van der Waals surface area contributed by atoms with Gasteiger partial charge in [0.05, 0.1) is 5.56 Å². The number of nitrogens with zero attached hydrogens (tertiary/aromatic N) is 1. The van der Waals surface area contributed by atoms with Crippen LogP contribution >= 0.6 is 11.6 Å². The number of H-pyrrole nitrogens is 1. The van der Waals surface area contributed by atoms with Crippen molar-refractivity contribution in [3.8, 4) is 11.3 Å². The van der Waals surface area contributed by atoms with Gasteiger partial charge < -0.3 is 0 Å². The molecular formula is C18H13ClF3N2O+. The SMILES string of the molecule is O=C(Cl)c1cccc(C[n+]2c[nH]cc2-c2ccc(C(F)(F)F)cc2)c1. The molecule has 3 rings (SSSR count). The van der Waals surface area contributed by atoms with Crippen molar-refractivity contribution < 1.29 is 22.5 Å². The second kappa shape index (κ2) is 6.72. The average Bonchev–Trinajstić information content (AvgIpc) is 3.02. The zero-order chi connectivity index (χ0) is 18.0. The number of hydrogen-bond donors (Lipinski definition) is 1. The number of halogens is 4. The van der Waals surface area contributed by atoms with Gasteiger partial charge in [-0.15, -0.1) is 0 Å². The molecule has 1 N–H and O–H groups in total. The van der Waals surface area contributed by atoms with Gasteiger partial charge >= 0.3 is 6.18 Å². The molecule has 7 heteroatoms. The fraction of sp³-hybridized carbons (Fsp3) is 0.111. The van der Waals surface area contributed by atoms with E-state index in [0.717, 1.165) is 23.4 Å². The molecule has 0 fully saturated rings. The van der Waals surface area contributed by atoms with Crippen LogP contribution in [0.3, 0.4) is 0 Å². The van der Waals surface area contributed by atoms with Crippen LogP contribution in [0.15, 0.2) is 61.1 Å². The molecule has 128 valence electrons. The van der Waals surface area contributed by atoms with Crippen LogP contribution in [0.4, 0.5) is 13.2 Å². The molecule has 3 aromatic rings. The van der Waals surface area contributed by atoms with Gasteiger partial charge in [-0.3, -0.25) is 4.79 Å². The first-order valence-corrected chi connectivity index (χ1v) is 7.75. The van der Waals surface area contributed by atoms with Crippen molar-refractivity contribution in [1.29, 1.82) is 0 Å². The molecule has 0 aliphatic heterocycles. The van der Waals surface area contributed by atoms with Crippen molar-refractivity contribution >= 4 is 16.8 Å². The quantitative estimate of drug-likeness (QED) is 0.539. The lowest BCUT2D eigenvalue weighted by Gasteiger charge is -2.07. The first kappa shape index (κ1) is 17.2. The maximum absolute atomic E-state index is 12.7. The van der Waals surface area contributed by atoms with E-state index in [-0.39, 0.29) is 0 Å². The van der Waals surface area contributed by atoms with E-state index in [1.54, 1.807) is 30.7 Å². The molecule has 3 nitrogen and oxygen atoms in total. The topological polar surface area (TPSA) is 36.7 Å². The number of nitrogens with one attached hydrogen (secondary N) is 1. The summed E-state index contributed by atoms with van der Waals surface area (Å²) in [5.41, 5.74) is 1.94. The molecular weight excluding hydrogens is 353 g/mol. The molecule has 0 unspecified atom stereocenters. The standard InChI is InChI=1S/C18H12ClF3N2O/c19-17(25)14-3-1-2-12(8-14)10-24-11-23-9-16(24)13-4-6-15(7-5-13)18(20,21)22/h1-9,11H,10H2/p+1. The number of aromatic nitrogens is 2. The van der Waals surface area contributed by atoms with E-state index in [1.807, 2.05) is 10.6 Å². The van der Waals surface area contributed by atoms with Crippen LogP contribution in [-0.4, -0.2) is 10.2 Å². The van der Waals surface area contributed by atoms with Crippen LogP contribution in [0, 0.1) is 0 Å². The Bertz CT molecular complexity index is 901. The molecule has 0 bridgehead atoms. The van der Waals surface area contributed by atoms with E-state index < -0.39 is 17.0 Å². The Hall–Kier alpha value is -2.60. The third kappa shape index (κ3) is 3.91. The Morgan fingerprint density at radius 3 is 2.48 bits per heavy atom. The predicted molar refractivity (Wildman–Crippen MR) is 87.2 cm³/mol. The summed E-state index contributed by atoms with van der Waals surface area (Å²) in [4.78, 5) is 14.2. The number of aromatic amines is 1. The molecule has 25 heavy (non-hydrogen) atoms. The van der Waals surface area contributed by atoms with Crippen molar-refractivity contribution in [2.24, 2.45) is 0 Å². The van der Waals surface area contributed by atoms with E-state index in [0.29, 0.717) is 17.7 Å². The van der Waals surface area contributed by atoms with E-state index in [2.05, 4.69) is 4.98 Å². The van der Waals surface area contributed by atoms with E-state index in [1.165, 1.54) is 12.1 Å². The zero-order valence-electron chi connectivity index (χ0n) is 12.8. The Morgan fingerprint density at radius 2 is 1.84 bits per heavy atom. The van der Waals surface area contributed by atoms with Gasteiger partial charge in [0.25, 0.3) is 5.24 Å². The van der Waals surface area contributed by atoms with Crippen molar-refractivity contribution in [3.63, 3.8) is 0 Å². The molecule has 1 heterocycles. The first-order valence-electron chi connectivity index (χ1n) is 7.37. The highest BCUT2D eigenvalue weighted by Gasteiger charge is 2.30. The largest absolute Gasteiger partial charge is 0.416 e. The van der Waals surface area contributed by atoms with Crippen LogP contribution in [0.1, 0.15) is 21.5 Å². The van der Waals surface area contributed by atoms with Gasteiger partial charge in [-0.1, -0.05) is 18.2 Å². The van der Waals surface area contributed by atoms with Crippen LogP contribution in [0.2, 0.25) is 0 Å². The lowest BCUT2D eigenvalue weighted by molar-refractivity contribution is -0.676. The monoisotopic (exact) mass is 365 g/mol. The summed E-state index contributed by atoms with van der Waals surface area (Å²) >= 11 is 5.49. The number of carbonyl (C=O) groups is 1. The number of hydrogen-bond acceptors (Lipinski definition) is 1. The van der Waals surface area contributed by atoms with Gasteiger partial charge in [0.15, 0.2) is 5.69 Å².